The molecule has 0 bridgehead atoms. The first-order valence-corrected chi connectivity index (χ1v) is 6.59. The van der Waals surface area contributed by atoms with Gasteiger partial charge in [-0.1, -0.05) is 0 Å². The van der Waals surface area contributed by atoms with Crippen LogP contribution in [-0.2, 0) is 0 Å². The molecular weight excluding hydrogens is 246 g/mol. The van der Waals surface area contributed by atoms with Gasteiger partial charge >= 0.3 is 5.69 Å². The molecule has 0 radical (unpaired) electrons. The minimum Gasteiger partial charge on any atom is -0.396 e. The van der Waals surface area contributed by atoms with Gasteiger partial charge < -0.3 is 10.0 Å². The highest BCUT2D eigenvalue weighted by Crippen LogP contribution is 2.32. The maximum Gasteiger partial charge on any atom is 0.314 e. The van der Waals surface area contributed by atoms with Crippen molar-refractivity contribution in [1.82, 2.24) is 4.98 Å². The third-order valence-corrected chi connectivity index (χ3v) is 3.65. The van der Waals surface area contributed by atoms with Crippen molar-refractivity contribution < 1.29 is 10.0 Å². The van der Waals surface area contributed by atoms with E-state index < -0.39 is 0 Å². The zero-order chi connectivity index (χ0) is 13.8. The van der Waals surface area contributed by atoms with E-state index in [1.165, 1.54) is 0 Å². The first-order chi connectivity index (χ1) is 9.13. The molecule has 2 rings (SSSR count). The monoisotopic (exact) mass is 265 g/mol. The molecule has 1 unspecified atom stereocenters. The van der Waals surface area contributed by atoms with Crippen LogP contribution in [0.4, 0.5) is 11.5 Å². The molecule has 0 spiro atoms. The Morgan fingerprint density at radius 2 is 2.42 bits per heavy atom. The van der Waals surface area contributed by atoms with Gasteiger partial charge in [-0.05, 0) is 38.2 Å². The molecule has 104 valence electrons. The number of pyridine rings is 1. The Kier molecular flexibility index (Phi) is 4.31. The van der Waals surface area contributed by atoms with Gasteiger partial charge in [0.05, 0.1) is 4.92 Å². The van der Waals surface area contributed by atoms with Gasteiger partial charge in [-0.2, -0.15) is 0 Å². The fourth-order valence-electron chi connectivity index (χ4n) is 2.67. The number of nitrogens with zero attached hydrogens (tertiary/aromatic N) is 3. The fourth-order valence-corrected chi connectivity index (χ4v) is 2.67. The van der Waals surface area contributed by atoms with Crippen LogP contribution in [0.25, 0.3) is 0 Å². The lowest BCUT2D eigenvalue weighted by atomic mass is 9.95. The summed E-state index contributed by atoms with van der Waals surface area (Å²) in [7, 11) is 0. The van der Waals surface area contributed by atoms with Crippen LogP contribution in [0.5, 0.6) is 0 Å². The second-order valence-corrected chi connectivity index (χ2v) is 5.02. The van der Waals surface area contributed by atoms with Crippen molar-refractivity contribution in [3.63, 3.8) is 0 Å². The summed E-state index contributed by atoms with van der Waals surface area (Å²) in [5.74, 6) is 0.855. The largest absolute Gasteiger partial charge is 0.396 e. The summed E-state index contributed by atoms with van der Waals surface area (Å²) in [6.07, 6.45) is 4.41. The number of hydrogen-bond acceptors (Lipinski definition) is 5. The molecule has 1 aliphatic rings. The van der Waals surface area contributed by atoms with Crippen LogP contribution in [0.2, 0.25) is 0 Å². The Bertz CT molecular complexity index is 462. The second kappa shape index (κ2) is 5.97. The van der Waals surface area contributed by atoms with Crippen molar-refractivity contribution in [3.8, 4) is 0 Å². The Morgan fingerprint density at radius 1 is 1.63 bits per heavy atom. The smallest absolute Gasteiger partial charge is 0.314 e. The zero-order valence-corrected chi connectivity index (χ0v) is 11.1. The lowest BCUT2D eigenvalue weighted by Gasteiger charge is -2.33. The van der Waals surface area contributed by atoms with E-state index in [4.69, 9.17) is 5.11 Å². The summed E-state index contributed by atoms with van der Waals surface area (Å²) in [5, 5.41) is 20.2. The van der Waals surface area contributed by atoms with E-state index in [0.717, 1.165) is 32.4 Å². The molecule has 1 saturated heterocycles. The van der Waals surface area contributed by atoms with Crippen LogP contribution in [0, 0.1) is 23.0 Å². The predicted molar refractivity (Wildman–Crippen MR) is 72.3 cm³/mol. The molecule has 1 aliphatic heterocycles. The molecule has 1 N–H and O–H groups in total. The number of piperidine rings is 1. The van der Waals surface area contributed by atoms with Gasteiger partial charge in [-0.15, -0.1) is 0 Å². The summed E-state index contributed by atoms with van der Waals surface area (Å²) < 4.78 is 0. The van der Waals surface area contributed by atoms with Crippen LogP contribution in [-0.4, -0.2) is 34.7 Å². The number of aliphatic hydroxyl groups is 1. The highest BCUT2D eigenvalue weighted by Gasteiger charge is 2.27. The fraction of sp³-hybridized carbons (Fsp3) is 0.615. The second-order valence-electron chi connectivity index (χ2n) is 5.02. The molecule has 2 heterocycles. The maximum absolute atomic E-state index is 11.2. The lowest BCUT2D eigenvalue weighted by Crippen LogP contribution is -2.36. The van der Waals surface area contributed by atoms with Crippen LogP contribution in [0.3, 0.4) is 0 Å². The van der Waals surface area contributed by atoms with Crippen molar-refractivity contribution in [3.05, 3.63) is 27.9 Å². The summed E-state index contributed by atoms with van der Waals surface area (Å²) >= 11 is 0. The molecule has 1 aromatic heterocycles. The first kappa shape index (κ1) is 13.7. The van der Waals surface area contributed by atoms with E-state index in [2.05, 4.69) is 4.98 Å². The summed E-state index contributed by atoms with van der Waals surface area (Å²) in [4.78, 5) is 17.0. The first-order valence-electron chi connectivity index (χ1n) is 6.59. The SMILES string of the molecule is Cc1ccnc(N2CCCC(CCO)C2)c1[N+](=O)[O-]. The van der Waals surface area contributed by atoms with Gasteiger partial charge in [0.1, 0.15) is 0 Å². The molecular formula is C13H19N3O3. The molecule has 6 heteroatoms. The molecule has 1 fully saturated rings. The molecule has 1 aromatic rings. The highest BCUT2D eigenvalue weighted by atomic mass is 16.6. The Balaban J connectivity index is 2.26. The number of aliphatic hydroxyl groups excluding tert-OH is 1. The number of anilines is 1. The van der Waals surface area contributed by atoms with Gasteiger partial charge in [-0.3, -0.25) is 10.1 Å². The Labute approximate surface area is 112 Å². The van der Waals surface area contributed by atoms with E-state index in [1.54, 1.807) is 19.2 Å². The van der Waals surface area contributed by atoms with Crippen molar-refractivity contribution in [2.45, 2.75) is 26.2 Å². The lowest BCUT2D eigenvalue weighted by molar-refractivity contribution is -0.384. The van der Waals surface area contributed by atoms with Gasteiger partial charge in [0.15, 0.2) is 0 Å². The van der Waals surface area contributed by atoms with Crippen molar-refractivity contribution in [1.29, 1.82) is 0 Å². The quantitative estimate of drug-likeness (QED) is 0.664. The van der Waals surface area contributed by atoms with E-state index in [1.807, 2.05) is 4.90 Å². The van der Waals surface area contributed by atoms with E-state index in [-0.39, 0.29) is 17.2 Å². The Morgan fingerprint density at radius 3 is 3.11 bits per heavy atom. The number of nitro groups is 1. The summed E-state index contributed by atoms with van der Waals surface area (Å²) in [5.41, 5.74) is 0.742. The molecule has 19 heavy (non-hydrogen) atoms. The maximum atomic E-state index is 11.2. The number of aromatic nitrogens is 1. The average molecular weight is 265 g/mol. The molecule has 0 aromatic carbocycles. The number of rotatable bonds is 4. The van der Waals surface area contributed by atoms with Gasteiger partial charge in [-0.25, -0.2) is 4.98 Å². The standard InChI is InChI=1S/C13H19N3O3/c1-10-4-6-14-13(12(10)16(18)19)15-7-2-3-11(9-15)5-8-17/h4,6,11,17H,2-3,5,7-9H2,1H3. The normalized spacial score (nSPS) is 19.5. The zero-order valence-electron chi connectivity index (χ0n) is 11.1. The minimum absolute atomic E-state index is 0.104. The predicted octanol–water partition coefficient (Wildman–Crippen LogP) is 1.90. The number of aryl methyl sites for hydroxylation is 1. The topological polar surface area (TPSA) is 79.5 Å². The molecule has 6 nitrogen and oxygen atoms in total. The van der Waals surface area contributed by atoms with Crippen LogP contribution >= 0.6 is 0 Å². The third-order valence-electron chi connectivity index (χ3n) is 3.65. The summed E-state index contributed by atoms with van der Waals surface area (Å²) in [6, 6.07) is 1.66. The van der Waals surface area contributed by atoms with Crippen LogP contribution in [0.1, 0.15) is 24.8 Å². The highest BCUT2D eigenvalue weighted by molar-refractivity contribution is 5.61. The van der Waals surface area contributed by atoms with Gasteiger partial charge in [0.25, 0.3) is 0 Å². The Hall–Kier alpha value is -1.69. The molecule has 0 aliphatic carbocycles. The van der Waals surface area contributed by atoms with E-state index in [9.17, 15) is 10.1 Å². The average Bonchev–Trinajstić information content (AvgIpc) is 2.38. The molecule has 0 amide bonds. The molecule has 1 atom stereocenters. The third kappa shape index (κ3) is 3.01. The van der Waals surface area contributed by atoms with E-state index in [0.29, 0.717) is 17.3 Å². The minimum atomic E-state index is -0.354. The van der Waals surface area contributed by atoms with E-state index >= 15 is 0 Å². The van der Waals surface area contributed by atoms with Crippen molar-refractivity contribution in [2.75, 3.05) is 24.6 Å². The van der Waals surface area contributed by atoms with Crippen molar-refractivity contribution in [2.24, 2.45) is 5.92 Å². The van der Waals surface area contributed by atoms with Crippen LogP contribution in [0.15, 0.2) is 12.3 Å². The summed E-state index contributed by atoms with van der Waals surface area (Å²) in [6.45, 7) is 3.43. The van der Waals surface area contributed by atoms with Crippen molar-refractivity contribution >= 4 is 11.5 Å². The van der Waals surface area contributed by atoms with Gasteiger partial charge in [0, 0.05) is 31.5 Å². The molecule has 0 saturated carbocycles. The number of hydrogen-bond donors (Lipinski definition) is 1. The van der Waals surface area contributed by atoms with Crippen LogP contribution < -0.4 is 4.90 Å². The van der Waals surface area contributed by atoms with Gasteiger partial charge in [0.2, 0.25) is 5.82 Å².